The van der Waals surface area contributed by atoms with E-state index in [1.807, 2.05) is 0 Å². The van der Waals surface area contributed by atoms with E-state index in [1.165, 1.54) is 32.1 Å². The lowest BCUT2D eigenvalue weighted by atomic mass is 9.97. The van der Waals surface area contributed by atoms with Gasteiger partial charge >= 0.3 is 7.75 Å². The lowest BCUT2D eigenvalue weighted by molar-refractivity contribution is 0.374. The first-order chi connectivity index (χ1) is 5.39. The molecule has 1 fully saturated rings. The molecule has 0 saturated heterocycles. The van der Waals surface area contributed by atoms with E-state index >= 15 is 0 Å². The van der Waals surface area contributed by atoms with E-state index in [-0.39, 0.29) is 0 Å². The molecule has 6 N–H and O–H groups in total. The molecule has 5 nitrogen and oxygen atoms in total. The van der Waals surface area contributed by atoms with Crippen LogP contribution in [0.2, 0.25) is 0 Å². The normalized spacial score (nSPS) is 19.7. The number of hydrogen-bond acceptors (Lipinski definition) is 2. The molecule has 74 valence electrons. The molecular formula is C6H17N2O3P. The standard InChI is InChI=1S/C6H13N.H4NO3P/c7-6-4-2-1-3-5-6;1-5(2,3)4/h6H,1-5,7H2;(H4,1,2,3,4). The average Bonchev–Trinajstić information content (AvgIpc) is 1.85. The van der Waals surface area contributed by atoms with Crippen LogP contribution < -0.4 is 11.2 Å². The molecule has 0 aromatic heterocycles. The van der Waals surface area contributed by atoms with E-state index in [1.54, 1.807) is 0 Å². The third-order valence-electron chi connectivity index (χ3n) is 1.65. The van der Waals surface area contributed by atoms with Crippen LogP contribution in [0.1, 0.15) is 32.1 Å². The van der Waals surface area contributed by atoms with Crippen molar-refractivity contribution in [3.05, 3.63) is 0 Å². The lowest BCUT2D eigenvalue weighted by Gasteiger charge is -2.15. The molecule has 0 aliphatic heterocycles. The summed E-state index contributed by atoms with van der Waals surface area (Å²) in [6, 6.07) is 0.536. The van der Waals surface area contributed by atoms with Crippen LogP contribution in [0.5, 0.6) is 0 Å². The highest BCUT2D eigenvalue weighted by molar-refractivity contribution is 7.49. The molecule has 1 saturated carbocycles. The maximum absolute atomic E-state index is 9.10. The summed E-state index contributed by atoms with van der Waals surface area (Å²) in [5, 5.41) is 0. The van der Waals surface area contributed by atoms with Gasteiger partial charge in [-0.25, -0.2) is 10.1 Å². The summed E-state index contributed by atoms with van der Waals surface area (Å²) in [5.41, 5.74) is 9.66. The van der Waals surface area contributed by atoms with Crippen molar-refractivity contribution < 1.29 is 14.4 Å². The van der Waals surface area contributed by atoms with E-state index in [0.717, 1.165) is 0 Å². The van der Waals surface area contributed by atoms with E-state index in [9.17, 15) is 0 Å². The van der Waals surface area contributed by atoms with Gasteiger partial charge in [0.15, 0.2) is 0 Å². The van der Waals surface area contributed by atoms with Gasteiger partial charge in [0, 0.05) is 6.04 Å². The fourth-order valence-corrected chi connectivity index (χ4v) is 1.13. The summed E-state index contributed by atoms with van der Waals surface area (Å²) >= 11 is 0. The zero-order valence-corrected chi connectivity index (χ0v) is 7.91. The molecule has 1 aliphatic carbocycles. The SMILES string of the molecule is NC1CCCCC1.NP(=O)(O)O. The third kappa shape index (κ3) is 12.7. The third-order valence-corrected chi connectivity index (χ3v) is 1.65. The van der Waals surface area contributed by atoms with E-state index in [0.29, 0.717) is 6.04 Å². The van der Waals surface area contributed by atoms with Gasteiger partial charge in [0.05, 0.1) is 0 Å². The fourth-order valence-electron chi connectivity index (χ4n) is 1.13. The Morgan fingerprint density at radius 1 is 1.17 bits per heavy atom. The molecule has 12 heavy (non-hydrogen) atoms. The van der Waals surface area contributed by atoms with Crippen LogP contribution in [0, 0.1) is 0 Å². The fraction of sp³-hybridized carbons (Fsp3) is 1.00. The molecule has 6 heteroatoms. The van der Waals surface area contributed by atoms with Gasteiger partial charge in [0.2, 0.25) is 0 Å². The van der Waals surface area contributed by atoms with E-state index in [4.69, 9.17) is 20.1 Å². The zero-order chi connectivity index (χ0) is 9.61. The molecule has 1 rings (SSSR count). The molecule has 0 unspecified atom stereocenters. The molecule has 0 bridgehead atoms. The Kier molecular flexibility index (Phi) is 5.70. The minimum absolute atomic E-state index is 0.536. The van der Waals surface area contributed by atoms with Gasteiger partial charge in [-0.1, -0.05) is 19.3 Å². The minimum atomic E-state index is -4.14. The Balaban J connectivity index is 0.000000217. The quantitative estimate of drug-likeness (QED) is 0.417. The summed E-state index contributed by atoms with van der Waals surface area (Å²) in [6.07, 6.45) is 6.66. The van der Waals surface area contributed by atoms with Crippen molar-refractivity contribution in [3.63, 3.8) is 0 Å². The van der Waals surface area contributed by atoms with Crippen LogP contribution in [0.15, 0.2) is 0 Å². The zero-order valence-electron chi connectivity index (χ0n) is 7.02. The first-order valence-electron chi connectivity index (χ1n) is 3.99. The maximum Gasteiger partial charge on any atom is 0.397 e. The van der Waals surface area contributed by atoms with Gasteiger partial charge in [-0.15, -0.1) is 0 Å². The molecular weight excluding hydrogens is 179 g/mol. The monoisotopic (exact) mass is 196 g/mol. The summed E-state index contributed by atoms with van der Waals surface area (Å²) < 4.78 is 9.10. The first-order valence-corrected chi connectivity index (χ1v) is 5.67. The maximum atomic E-state index is 9.10. The number of rotatable bonds is 0. The predicted octanol–water partition coefficient (Wildman–Crippen LogP) is 0.316. The van der Waals surface area contributed by atoms with E-state index < -0.39 is 7.75 Å². The van der Waals surface area contributed by atoms with Crippen LogP contribution in [-0.4, -0.2) is 15.8 Å². The second-order valence-corrected chi connectivity index (χ2v) is 4.17. The Bertz CT molecular complexity index is 145. The van der Waals surface area contributed by atoms with Gasteiger partial charge in [0.1, 0.15) is 0 Å². The predicted molar refractivity (Wildman–Crippen MR) is 47.3 cm³/mol. The van der Waals surface area contributed by atoms with Crippen molar-refractivity contribution in [1.29, 1.82) is 0 Å². The molecule has 0 radical (unpaired) electrons. The number of nitrogens with two attached hydrogens (primary N) is 2. The lowest BCUT2D eigenvalue weighted by Crippen LogP contribution is -2.22. The number of hydrogen-bond donors (Lipinski definition) is 4. The van der Waals surface area contributed by atoms with Gasteiger partial charge < -0.3 is 15.5 Å². The van der Waals surface area contributed by atoms with Crippen LogP contribution >= 0.6 is 7.75 Å². The van der Waals surface area contributed by atoms with Gasteiger partial charge in [-0.3, -0.25) is 0 Å². The van der Waals surface area contributed by atoms with Crippen molar-refractivity contribution >= 4 is 7.75 Å². The summed E-state index contributed by atoms with van der Waals surface area (Å²) in [6.45, 7) is 0. The largest absolute Gasteiger partial charge is 0.397 e. The molecule has 1 aliphatic rings. The molecule has 0 amide bonds. The van der Waals surface area contributed by atoms with Crippen molar-refractivity contribution in [1.82, 2.24) is 0 Å². The van der Waals surface area contributed by atoms with Crippen LogP contribution in [0.25, 0.3) is 0 Å². The average molecular weight is 196 g/mol. The second kappa shape index (κ2) is 5.67. The first kappa shape index (κ1) is 12.1. The van der Waals surface area contributed by atoms with Crippen molar-refractivity contribution in [2.24, 2.45) is 11.2 Å². The molecule has 0 heterocycles. The molecule has 0 spiro atoms. The Hall–Kier alpha value is 0.0700. The minimum Gasteiger partial charge on any atom is -0.328 e. The molecule has 0 atom stereocenters. The van der Waals surface area contributed by atoms with Gasteiger partial charge in [0.25, 0.3) is 0 Å². The van der Waals surface area contributed by atoms with Gasteiger partial charge in [-0.2, -0.15) is 0 Å². The summed E-state index contributed by atoms with van der Waals surface area (Å²) in [7, 11) is -4.14. The highest BCUT2D eigenvalue weighted by Crippen LogP contribution is 2.20. The van der Waals surface area contributed by atoms with Crippen molar-refractivity contribution in [2.75, 3.05) is 0 Å². The van der Waals surface area contributed by atoms with Crippen LogP contribution in [-0.2, 0) is 4.57 Å². The molecule has 0 aromatic rings. The Labute approximate surface area is 72.4 Å². The van der Waals surface area contributed by atoms with Crippen molar-refractivity contribution in [2.45, 2.75) is 38.1 Å². The highest BCUT2D eigenvalue weighted by Gasteiger charge is 2.06. The summed E-state index contributed by atoms with van der Waals surface area (Å²) in [4.78, 5) is 14.8. The van der Waals surface area contributed by atoms with Gasteiger partial charge in [-0.05, 0) is 12.8 Å². The van der Waals surface area contributed by atoms with E-state index in [2.05, 4.69) is 5.50 Å². The molecule has 0 aromatic carbocycles. The Morgan fingerprint density at radius 3 is 1.67 bits per heavy atom. The van der Waals surface area contributed by atoms with Crippen LogP contribution in [0.3, 0.4) is 0 Å². The second-order valence-electron chi connectivity index (χ2n) is 2.99. The van der Waals surface area contributed by atoms with Crippen molar-refractivity contribution in [3.8, 4) is 0 Å². The highest BCUT2D eigenvalue weighted by atomic mass is 31.2. The Morgan fingerprint density at radius 2 is 1.50 bits per heavy atom. The topological polar surface area (TPSA) is 110 Å². The smallest absolute Gasteiger partial charge is 0.328 e. The van der Waals surface area contributed by atoms with Crippen LogP contribution in [0.4, 0.5) is 0 Å². The summed E-state index contributed by atoms with van der Waals surface area (Å²) in [5.74, 6) is 0.